The molecule has 0 fully saturated rings. The molecule has 6 heavy (non-hydrogen) atoms. The number of hydrogen-bond acceptors (Lipinski definition) is 0. The van der Waals surface area contributed by atoms with E-state index in [0.29, 0.717) is 0 Å². The lowest BCUT2D eigenvalue weighted by molar-refractivity contribution is 1.30. The first-order valence-electron chi connectivity index (χ1n) is 1.97. The summed E-state index contributed by atoms with van der Waals surface area (Å²) in [4.78, 5) is 0. The third-order valence-electron chi connectivity index (χ3n) is 0.469. The minimum absolute atomic E-state index is 0.934. The van der Waals surface area contributed by atoms with Gasteiger partial charge < -0.3 is 0 Å². The normalized spacial score (nSPS) is 6.67. The molecule has 0 aromatic heterocycles. The summed E-state index contributed by atoms with van der Waals surface area (Å²) in [6, 6.07) is 0. The highest BCUT2D eigenvalue weighted by Crippen LogP contribution is 1.84. The second-order valence-corrected chi connectivity index (χ2v) is 0.996. The summed E-state index contributed by atoms with van der Waals surface area (Å²) in [5, 5.41) is 0. The molecule has 0 aliphatic rings. The third kappa shape index (κ3) is 3.35. The average molecular weight is 81.1 g/mol. The van der Waals surface area contributed by atoms with Gasteiger partial charge in [0, 0.05) is 19.4 Å². The van der Waals surface area contributed by atoms with Gasteiger partial charge in [0.05, 0.1) is 6.08 Å². The van der Waals surface area contributed by atoms with E-state index in [1.807, 2.05) is 12.5 Å². The predicted molar refractivity (Wildman–Crippen MR) is 29.3 cm³/mol. The van der Waals surface area contributed by atoms with Crippen LogP contribution in [0.25, 0.3) is 0 Å². The van der Waals surface area contributed by atoms with Gasteiger partial charge in [0.15, 0.2) is 0 Å². The molecule has 0 radical (unpaired) electrons. The van der Waals surface area contributed by atoms with Crippen molar-refractivity contribution in [2.24, 2.45) is 0 Å². The quantitative estimate of drug-likeness (QED) is 0.277. The zero-order chi connectivity index (χ0) is 4.83. The highest BCUT2D eigenvalue weighted by Gasteiger charge is 1.74. The van der Waals surface area contributed by atoms with Crippen molar-refractivity contribution in [3.8, 4) is 0 Å². The van der Waals surface area contributed by atoms with E-state index in [2.05, 4.69) is 13.2 Å². The van der Waals surface area contributed by atoms with Crippen molar-refractivity contribution in [1.29, 1.82) is 0 Å². The van der Waals surface area contributed by atoms with Crippen LogP contribution in [0.5, 0.6) is 0 Å². The molecule has 0 bridgehead atoms. The van der Waals surface area contributed by atoms with Gasteiger partial charge >= 0.3 is 0 Å². The van der Waals surface area contributed by atoms with Gasteiger partial charge in [0.1, 0.15) is 0 Å². The zero-order valence-corrected chi connectivity index (χ0v) is 3.85. The van der Waals surface area contributed by atoms with Crippen LogP contribution in [-0.4, -0.2) is 0 Å². The second-order valence-electron chi connectivity index (χ2n) is 0.996. The van der Waals surface area contributed by atoms with E-state index in [1.165, 1.54) is 0 Å². The molecule has 0 heteroatoms. The van der Waals surface area contributed by atoms with Crippen molar-refractivity contribution in [3.63, 3.8) is 0 Å². The highest BCUT2D eigenvalue weighted by atomic mass is 13.7. The molecule has 0 saturated carbocycles. The Morgan fingerprint density at radius 1 is 1.50 bits per heavy atom. The van der Waals surface area contributed by atoms with E-state index in [-0.39, 0.29) is 0 Å². The summed E-state index contributed by atoms with van der Waals surface area (Å²) in [5.74, 6) is 0. The van der Waals surface area contributed by atoms with E-state index >= 15 is 0 Å². The number of rotatable bonds is 3. The maximum absolute atomic E-state index is 3.52. The number of hydrogen-bond donors (Lipinski definition) is 0. The molecule has 0 nitrogen and oxygen atoms in total. The first-order valence-corrected chi connectivity index (χ1v) is 1.97. The van der Waals surface area contributed by atoms with Gasteiger partial charge in [-0.25, -0.2) is 0 Å². The molecule has 0 aromatic carbocycles. The Morgan fingerprint density at radius 2 is 2.17 bits per heavy atom. The molecule has 0 saturated heterocycles. The van der Waals surface area contributed by atoms with E-state index in [1.54, 1.807) is 6.08 Å². The van der Waals surface area contributed by atoms with Crippen molar-refractivity contribution in [3.05, 3.63) is 31.7 Å². The molecule has 0 aliphatic carbocycles. The van der Waals surface area contributed by atoms with Gasteiger partial charge in [-0.2, -0.15) is 0 Å². The lowest BCUT2D eigenvalue weighted by Crippen LogP contribution is -1.58. The Hall–Kier alpha value is -0.650. The van der Waals surface area contributed by atoms with Crippen LogP contribution in [0.15, 0.2) is 25.3 Å². The van der Waals surface area contributed by atoms with Gasteiger partial charge in [0.25, 0.3) is 0 Å². The minimum atomic E-state index is 0.934. The molecule has 0 heterocycles. The van der Waals surface area contributed by atoms with Crippen LogP contribution in [0.2, 0.25) is 0 Å². The molecular formula is C6H9+. The fourth-order valence-corrected chi connectivity index (χ4v) is 0.192. The van der Waals surface area contributed by atoms with E-state index in [9.17, 15) is 0 Å². The van der Waals surface area contributed by atoms with E-state index < -0.39 is 0 Å². The molecule has 0 aromatic rings. The fraction of sp³-hybridized carbons (Fsp3) is 0.167. The van der Waals surface area contributed by atoms with Crippen LogP contribution in [0, 0.1) is 6.42 Å². The summed E-state index contributed by atoms with van der Waals surface area (Å²) < 4.78 is 0. The van der Waals surface area contributed by atoms with Crippen LogP contribution >= 0.6 is 0 Å². The molecule has 0 aliphatic heterocycles. The van der Waals surface area contributed by atoms with Crippen molar-refractivity contribution >= 4 is 0 Å². The van der Waals surface area contributed by atoms with Crippen LogP contribution < -0.4 is 0 Å². The smallest absolute Gasteiger partial charge is 0.0867 e. The number of unbranched alkanes of at least 4 members (excludes halogenated alkanes) is 1. The average Bonchev–Trinajstić information content (AvgIpc) is 1.61. The SMILES string of the molecule is C=C[CH+]CC=C. The van der Waals surface area contributed by atoms with Gasteiger partial charge in [-0.15, -0.1) is 6.58 Å². The van der Waals surface area contributed by atoms with Crippen LogP contribution in [-0.2, 0) is 0 Å². The largest absolute Gasteiger partial charge is 0.101 e. The molecule has 0 amide bonds. The molecule has 0 N–H and O–H groups in total. The summed E-state index contributed by atoms with van der Waals surface area (Å²) in [7, 11) is 0. The van der Waals surface area contributed by atoms with Gasteiger partial charge in [-0.05, 0) is 0 Å². The fourth-order valence-electron chi connectivity index (χ4n) is 0.192. The summed E-state index contributed by atoms with van der Waals surface area (Å²) in [6.07, 6.45) is 6.49. The van der Waals surface area contributed by atoms with E-state index in [0.717, 1.165) is 6.42 Å². The maximum atomic E-state index is 3.52. The number of allylic oxidation sites excluding steroid dienone is 2. The monoisotopic (exact) mass is 81.1 g/mol. The van der Waals surface area contributed by atoms with Crippen LogP contribution in [0.1, 0.15) is 6.42 Å². The third-order valence-corrected chi connectivity index (χ3v) is 0.469. The maximum Gasteiger partial charge on any atom is 0.0867 e. The predicted octanol–water partition coefficient (Wildman–Crippen LogP) is 1.95. The van der Waals surface area contributed by atoms with Gasteiger partial charge in [-0.1, -0.05) is 6.08 Å². The minimum Gasteiger partial charge on any atom is -0.101 e. The lowest BCUT2D eigenvalue weighted by Gasteiger charge is -1.68. The molecular weight excluding hydrogens is 72.1 g/mol. The summed E-state index contributed by atoms with van der Waals surface area (Å²) in [6.45, 7) is 7.01. The first-order chi connectivity index (χ1) is 2.91. The Labute approximate surface area is 39.2 Å². The molecule has 0 unspecified atom stereocenters. The second kappa shape index (κ2) is 4.35. The van der Waals surface area contributed by atoms with Crippen molar-refractivity contribution < 1.29 is 0 Å². The molecule has 0 rings (SSSR count). The van der Waals surface area contributed by atoms with Gasteiger partial charge in [-0.3, -0.25) is 0 Å². The highest BCUT2D eigenvalue weighted by molar-refractivity contribution is 4.91. The van der Waals surface area contributed by atoms with E-state index in [4.69, 9.17) is 0 Å². The molecule has 0 atom stereocenters. The first kappa shape index (κ1) is 5.35. The van der Waals surface area contributed by atoms with Crippen molar-refractivity contribution in [2.45, 2.75) is 6.42 Å². The summed E-state index contributed by atoms with van der Waals surface area (Å²) in [5.41, 5.74) is 0. The summed E-state index contributed by atoms with van der Waals surface area (Å²) >= 11 is 0. The Morgan fingerprint density at radius 3 is 2.33 bits per heavy atom. The Bertz CT molecular complexity index is 36.0. The van der Waals surface area contributed by atoms with Crippen LogP contribution in [0.4, 0.5) is 0 Å². The zero-order valence-electron chi connectivity index (χ0n) is 3.85. The van der Waals surface area contributed by atoms with Crippen molar-refractivity contribution in [1.82, 2.24) is 0 Å². The molecule has 32 valence electrons. The lowest BCUT2D eigenvalue weighted by atomic mass is 10.3. The molecule has 0 spiro atoms. The van der Waals surface area contributed by atoms with Gasteiger partial charge in [0.2, 0.25) is 0 Å². The Kier molecular flexibility index (Phi) is 3.88. The van der Waals surface area contributed by atoms with Crippen molar-refractivity contribution in [2.75, 3.05) is 0 Å². The topological polar surface area (TPSA) is 0 Å². The van der Waals surface area contributed by atoms with Crippen LogP contribution in [0.3, 0.4) is 0 Å². The Balaban J connectivity index is 2.66. The standard InChI is InChI=1S/C6H9/c1-3-5-6-4-2/h3-5H,1-2,6H2/q+1.